The van der Waals surface area contributed by atoms with Gasteiger partial charge in [-0.3, -0.25) is 4.79 Å². The minimum Gasteiger partial charge on any atom is -0.378 e. The fraction of sp³-hybridized carbons (Fsp3) is 0.467. The number of carbonyl (C=O) groups excluding carboxylic acids is 1. The van der Waals surface area contributed by atoms with Crippen molar-refractivity contribution in [2.45, 2.75) is 13.8 Å². The van der Waals surface area contributed by atoms with E-state index >= 15 is 0 Å². The quantitative estimate of drug-likeness (QED) is 0.947. The SMILES string of the molecule is CC(C)C(=O)Nc1ccc2nc(N3CCOCC3)sc2c1. The summed E-state index contributed by atoms with van der Waals surface area (Å²) in [4.78, 5) is 18.7. The van der Waals surface area contributed by atoms with Gasteiger partial charge in [-0.2, -0.15) is 0 Å². The van der Waals surface area contributed by atoms with E-state index in [1.807, 2.05) is 32.0 Å². The minimum atomic E-state index is -0.0222. The number of hydrogen-bond donors (Lipinski definition) is 1. The summed E-state index contributed by atoms with van der Waals surface area (Å²) in [5, 5.41) is 3.96. The van der Waals surface area contributed by atoms with Crippen LogP contribution in [-0.2, 0) is 9.53 Å². The van der Waals surface area contributed by atoms with Gasteiger partial charge in [-0.1, -0.05) is 25.2 Å². The molecule has 1 aromatic heterocycles. The van der Waals surface area contributed by atoms with Gasteiger partial charge in [0.25, 0.3) is 0 Å². The molecule has 1 saturated heterocycles. The number of morpholine rings is 1. The molecular weight excluding hydrogens is 286 g/mol. The van der Waals surface area contributed by atoms with E-state index in [2.05, 4.69) is 15.2 Å². The molecule has 0 atom stereocenters. The number of amides is 1. The largest absolute Gasteiger partial charge is 0.378 e. The Hall–Kier alpha value is -1.66. The Morgan fingerprint density at radius 1 is 1.38 bits per heavy atom. The molecule has 0 spiro atoms. The second kappa shape index (κ2) is 5.99. The van der Waals surface area contributed by atoms with Crippen LogP contribution in [0.1, 0.15) is 13.8 Å². The van der Waals surface area contributed by atoms with E-state index in [-0.39, 0.29) is 11.8 Å². The van der Waals surface area contributed by atoms with Gasteiger partial charge in [0.2, 0.25) is 5.91 Å². The highest BCUT2D eigenvalue weighted by atomic mass is 32.1. The average molecular weight is 305 g/mol. The molecule has 0 radical (unpaired) electrons. The summed E-state index contributed by atoms with van der Waals surface area (Å²) < 4.78 is 6.46. The highest BCUT2D eigenvalue weighted by molar-refractivity contribution is 7.22. The predicted octanol–water partition coefficient (Wildman–Crippen LogP) is 2.73. The Balaban J connectivity index is 1.82. The Morgan fingerprint density at radius 3 is 2.86 bits per heavy atom. The molecule has 1 N–H and O–H groups in total. The van der Waals surface area contributed by atoms with Crippen molar-refractivity contribution in [1.29, 1.82) is 0 Å². The lowest BCUT2D eigenvalue weighted by Gasteiger charge is -2.25. The summed E-state index contributed by atoms with van der Waals surface area (Å²) in [7, 11) is 0. The zero-order valence-corrected chi connectivity index (χ0v) is 13.1. The number of ether oxygens (including phenoxy) is 1. The molecule has 2 heterocycles. The second-order valence-corrected chi connectivity index (χ2v) is 6.43. The molecule has 0 aliphatic carbocycles. The third-order valence-electron chi connectivity index (χ3n) is 3.45. The lowest BCUT2D eigenvalue weighted by Crippen LogP contribution is -2.36. The van der Waals surface area contributed by atoms with Gasteiger partial charge in [-0.25, -0.2) is 4.98 Å². The smallest absolute Gasteiger partial charge is 0.226 e. The fourth-order valence-corrected chi connectivity index (χ4v) is 3.22. The van der Waals surface area contributed by atoms with Crippen LogP contribution in [0, 0.1) is 5.92 Å². The number of thiazole rings is 1. The topological polar surface area (TPSA) is 54.5 Å². The van der Waals surface area contributed by atoms with Gasteiger partial charge in [0.1, 0.15) is 0 Å². The molecule has 1 fully saturated rings. The predicted molar refractivity (Wildman–Crippen MR) is 86.1 cm³/mol. The van der Waals surface area contributed by atoms with Crippen molar-refractivity contribution < 1.29 is 9.53 Å². The maximum Gasteiger partial charge on any atom is 0.226 e. The van der Waals surface area contributed by atoms with Gasteiger partial charge in [-0.15, -0.1) is 0 Å². The van der Waals surface area contributed by atoms with Crippen LogP contribution < -0.4 is 10.2 Å². The molecule has 0 saturated carbocycles. The molecule has 1 amide bonds. The Morgan fingerprint density at radius 2 is 2.14 bits per heavy atom. The number of anilines is 2. The number of carbonyl (C=O) groups is 1. The van der Waals surface area contributed by atoms with Gasteiger partial charge in [0.15, 0.2) is 5.13 Å². The standard InChI is InChI=1S/C15H19N3O2S/c1-10(2)14(19)16-11-3-4-12-13(9-11)21-15(17-12)18-5-7-20-8-6-18/h3-4,9-10H,5-8H2,1-2H3,(H,16,19). The maximum absolute atomic E-state index is 11.8. The number of nitrogens with zero attached hydrogens (tertiary/aromatic N) is 2. The average Bonchev–Trinajstić information content (AvgIpc) is 2.91. The van der Waals surface area contributed by atoms with Crippen molar-refractivity contribution in [3.8, 4) is 0 Å². The first-order valence-corrected chi connectivity index (χ1v) is 7.99. The fourth-order valence-electron chi connectivity index (χ4n) is 2.17. The Kier molecular flexibility index (Phi) is 4.07. The van der Waals surface area contributed by atoms with Crippen LogP contribution in [0.25, 0.3) is 10.2 Å². The van der Waals surface area contributed by atoms with Crippen LogP contribution in [0.3, 0.4) is 0 Å². The van der Waals surface area contributed by atoms with Crippen LogP contribution in [0.2, 0.25) is 0 Å². The summed E-state index contributed by atoms with van der Waals surface area (Å²) in [5.41, 5.74) is 1.81. The molecule has 3 rings (SSSR count). The number of hydrogen-bond acceptors (Lipinski definition) is 5. The van der Waals surface area contributed by atoms with Gasteiger partial charge >= 0.3 is 0 Å². The van der Waals surface area contributed by atoms with Crippen molar-refractivity contribution in [3.63, 3.8) is 0 Å². The highest BCUT2D eigenvalue weighted by Gasteiger charge is 2.16. The zero-order chi connectivity index (χ0) is 14.8. The van der Waals surface area contributed by atoms with E-state index in [4.69, 9.17) is 4.74 Å². The number of benzene rings is 1. The summed E-state index contributed by atoms with van der Waals surface area (Å²) in [6.07, 6.45) is 0. The third kappa shape index (κ3) is 3.16. The summed E-state index contributed by atoms with van der Waals surface area (Å²) in [6, 6.07) is 5.87. The molecule has 5 nitrogen and oxygen atoms in total. The van der Waals surface area contributed by atoms with Crippen LogP contribution in [0.4, 0.5) is 10.8 Å². The number of rotatable bonds is 3. The second-order valence-electron chi connectivity index (χ2n) is 5.42. The van der Waals surface area contributed by atoms with Crippen LogP contribution >= 0.6 is 11.3 Å². The summed E-state index contributed by atoms with van der Waals surface area (Å²) in [6.45, 7) is 7.05. The van der Waals surface area contributed by atoms with Crippen molar-refractivity contribution >= 4 is 38.3 Å². The van der Waals surface area contributed by atoms with Crippen molar-refractivity contribution in [1.82, 2.24) is 4.98 Å². The molecule has 21 heavy (non-hydrogen) atoms. The van der Waals surface area contributed by atoms with Crippen molar-refractivity contribution in [2.75, 3.05) is 36.5 Å². The van der Waals surface area contributed by atoms with Gasteiger partial charge in [0.05, 0.1) is 23.4 Å². The normalized spacial score (nSPS) is 15.7. The third-order valence-corrected chi connectivity index (χ3v) is 4.53. The molecule has 112 valence electrons. The molecular formula is C15H19N3O2S. The van der Waals surface area contributed by atoms with Gasteiger partial charge in [0, 0.05) is 24.7 Å². The van der Waals surface area contributed by atoms with Crippen LogP contribution in [0.15, 0.2) is 18.2 Å². The summed E-state index contributed by atoms with van der Waals surface area (Å²) >= 11 is 1.66. The van der Waals surface area contributed by atoms with Crippen LogP contribution in [0.5, 0.6) is 0 Å². The van der Waals surface area contributed by atoms with E-state index in [1.165, 1.54) is 0 Å². The number of fused-ring (bicyclic) bond motifs is 1. The molecule has 1 aliphatic heterocycles. The van der Waals surface area contributed by atoms with Crippen molar-refractivity contribution in [2.24, 2.45) is 5.92 Å². The van der Waals surface area contributed by atoms with Gasteiger partial charge < -0.3 is 15.0 Å². The molecule has 1 aliphatic rings. The van der Waals surface area contributed by atoms with Crippen LogP contribution in [-0.4, -0.2) is 37.2 Å². The molecule has 2 aromatic rings. The number of aromatic nitrogens is 1. The lowest BCUT2D eigenvalue weighted by molar-refractivity contribution is -0.118. The van der Waals surface area contributed by atoms with E-state index in [0.29, 0.717) is 0 Å². The lowest BCUT2D eigenvalue weighted by atomic mass is 10.2. The molecule has 0 unspecified atom stereocenters. The first-order chi connectivity index (χ1) is 10.1. The maximum atomic E-state index is 11.8. The van der Waals surface area contributed by atoms with E-state index < -0.39 is 0 Å². The monoisotopic (exact) mass is 305 g/mol. The molecule has 1 aromatic carbocycles. The van der Waals surface area contributed by atoms with Gasteiger partial charge in [-0.05, 0) is 18.2 Å². The molecule has 6 heteroatoms. The van der Waals surface area contributed by atoms with E-state index in [9.17, 15) is 4.79 Å². The highest BCUT2D eigenvalue weighted by Crippen LogP contribution is 2.31. The van der Waals surface area contributed by atoms with E-state index in [1.54, 1.807) is 11.3 Å². The van der Waals surface area contributed by atoms with Crippen molar-refractivity contribution in [3.05, 3.63) is 18.2 Å². The Bertz CT molecular complexity index is 647. The zero-order valence-electron chi connectivity index (χ0n) is 12.3. The Labute approximate surface area is 127 Å². The number of nitrogens with one attached hydrogen (secondary N) is 1. The first kappa shape index (κ1) is 14.3. The summed E-state index contributed by atoms with van der Waals surface area (Å²) in [5.74, 6) is 0.0123. The first-order valence-electron chi connectivity index (χ1n) is 7.17. The minimum absolute atomic E-state index is 0.0222. The van der Waals surface area contributed by atoms with E-state index in [0.717, 1.165) is 47.3 Å². The molecule has 0 bridgehead atoms.